The van der Waals surface area contributed by atoms with Crippen molar-refractivity contribution in [2.24, 2.45) is 5.92 Å². The van der Waals surface area contributed by atoms with Crippen LogP contribution in [0.15, 0.2) is 18.2 Å². The van der Waals surface area contributed by atoms with Gasteiger partial charge in [0.25, 0.3) is 0 Å². The van der Waals surface area contributed by atoms with E-state index in [4.69, 9.17) is 14.2 Å². The summed E-state index contributed by atoms with van der Waals surface area (Å²) in [7, 11) is 0. The third kappa shape index (κ3) is 3.14. The Morgan fingerprint density at radius 1 is 1.13 bits per heavy atom. The van der Waals surface area contributed by atoms with Crippen LogP contribution in [0.5, 0.6) is 11.5 Å². The van der Waals surface area contributed by atoms with Crippen LogP contribution >= 0.6 is 0 Å². The standard InChI is InChI=1S/C17H22N2O4/c20-17(12-9-19(10-12)14-4-7-21-11-14)18-13-2-3-15-16(8-13)23-6-1-5-22-15/h2-3,8,12,14H,1,4-7,9-11H2,(H,18,20). The second-order valence-electron chi connectivity index (χ2n) is 6.37. The number of hydrogen-bond donors (Lipinski definition) is 1. The third-order valence-corrected chi connectivity index (χ3v) is 4.72. The van der Waals surface area contributed by atoms with Crippen LogP contribution in [-0.2, 0) is 9.53 Å². The number of likely N-dealkylation sites (tertiary alicyclic amines) is 1. The Balaban J connectivity index is 1.33. The Morgan fingerprint density at radius 2 is 1.96 bits per heavy atom. The van der Waals surface area contributed by atoms with Gasteiger partial charge in [0.15, 0.2) is 11.5 Å². The summed E-state index contributed by atoms with van der Waals surface area (Å²) in [6, 6.07) is 6.07. The van der Waals surface area contributed by atoms with E-state index >= 15 is 0 Å². The van der Waals surface area contributed by atoms with E-state index in [1.165, 1.54) is 0 Å². The maximum atomic E-state index is 12.4. The van der Waals surface area contributed by atoms with Gasteiger partial charge >= 0.3 is 0 Å². The fraction of sp³-hybridized carbons (Fsp3) is 0.588. The first kappa shape index (κ1) is 14.8. The summed E-state index contributed by atoms with van der Waals surface area (Å²) in [5.74, 6) is 1.59. The number of fused-ring (bicyclic) bond motifs is 1. The molecule has 1 aromatic carbocycles. The van der Waals surface area contributed by atoms with Gasteiger partial charge in [-0.1, -0.05) is 0 Å². The average Bonchev–Trinajstić information content (AvgIpc) is 2.91. The molecule has 0 aliphatic carbocycles. The molecular weight excluding hydrogens is 296 g/mol. The van der Waals surface area contributed by atoms with Crippen molar-refractivity contribution in [2.45, 2.75) is 18.9 Å². The molecule has 6 heteroatoms. The summed E-state index contributed by atoms with van der Waals surface area (Å²) in [5.41, 5.74) is 0.766. The molecule has 0 spiro atoms. The maximum Gasteiger partial charge on any atom is 0.230 e. The Bertz CT molecular complexity index is 580. The van der Waals surface area contributed by atoms with Crippen molar-refractivity contribution in [1.82, 2.24) is 4.90 Å². The number of carbonyl (C=O) groups excluding carboxylic acids is 1. The van der Waals surface area contributed by atoms with Gasteiger partial charge in [-0.05, 0) is 18.6 Å². The molecular formula is C17H22N2O4. The second kappa shape index (κ2) is 6.37. The highest BCUT2D eigenvalue weighted by molar-refractivity contribution is 5.93. The Hall–Kier alpha value is -1.79. The number of nitrogens with zero attached hydrogens (tertiary/aromatic N) is 1. The lowest BCUT2D eigenvalue weighted by atomic mass is 9.96. The van der Waals surface area contributed by atoms with E-state index in [9.17, 15) is 4.79 Å². The van der Waals surface area contributed by atoms with Gasteiger partial charge in [0.1, 0.15) is 0 Å². The fourth-order valence-electron chi connectivity index (χ4n) is 3.27. The average molecular weight is 318 g/mol. The van der Waals surface area contributed by atoms with Crippen molar-refractivity contribution in [2.75, 3.05) is 44.8 Å². The minimum atomic E-state index is 0.0616. The van der Waals surface area contributed by atoms with Crippen molar-refractivity contribution in [3.8, 4) is 11.5 Å². The largest absolute Gasteiger partial charge is 0.490 e. The Morgan fingerprint density at radius 3 is 2.74 bits per heavy atom. The van der Waals surface area contributed by atoms with Crippen molar-refractivity contribution in [3.63, 3.8) is 0 Å². The van der Waals surface area contributed by atoms with Crippen LogP contribution in [0.1, 0.15) is 12.8 Å². The lowest BCUT2D eigenvalue weighted by Gasteiger charge is -2.41. The normalized spacial score (nSPS) is 24.8. The smallest absolute Gasteiger partial charge is 0.230 e. The highest BCUT2D eigenvalue weighted by Crippen LogP contribution is 2.33. The van der Waals surface area contributed by atoms with Gasteiger partial charge in [-0.25, -0.2) is 0 Å². The van der Waals surface area contributed by atoms with E-state index in [2.05, 4.69) is 10.2 Å². The highest BCUT2D eigenvalue weighted by atomic mass is 16.5. The number of ether oxygens (including phenoxy) is 3. The van der Waals surface area contributed by atoms with E-state index in [1.54, 1.807) is 0 Å². The monoisotopic (exact) mass is 318 g/mol. The zero-order valence-corrected chi connectivity index (χ0v) is 13.1. The van der Waals surface area contributed by atoms with Crippen LogP contribution < -0.4 is 14.8 Å². The minimum Gasteiger partial charge on any atom is -0.490 e. The number of nitrogens with one attached hydrogen (secondary N) is 1. The molecule has 0 bridgehead atoms. The molecule has 3 aliphatic heterocycles. The van der Waals surface area contributed by atoms with Gasteiger partial charge in [-0.15, -0.1) is 0 Å². The molecule has 124 valence electrons. The zero-order chi connectivity index (χ0) is 15.6. The van der Waals surface area contributed by atoms with Crippen LogP contribution in [0.4, 0.5) is 5.69 Å². The number of amides is 1. The summed E-state index contributed by atoms with van der Waals surface area (Å²) < 4.78 is 16.7. The quantitative estimate of drug-likeness (QED) is 0.915. The van der Waals surface area contributed by atoms with Crippen LogP contribution in [0.3, 0.4) is 0 Å². The summed E-state index contributed by atoms with van der Waals surface area (Å²) >= 11 is 0. The Labute approximate surface area is 135 Å². The highest BCUT2D eigenvalue weighted by Gasteiger charge is 2.37. The van der Waals surface area contributed by atoms with E-state index in [1.807, 2.05) is 18.2 Å². The molecule has 1 atom stereocenters. The van der Waals surface area contributed by atoms with E-state index in [-0.39, 0.29) is 11.8 Å². The first-order chi connectivity index (χ1) is 11.3. The van der Waals surface area contributed by atoms with Gasteiger partial charge in [-0.2, -0.15) is 0 Å². The second-order valence-corrected chi connectivity index (χ2v) is 6.37. The number of anilines is 1. The predicted octanol–water partition coefficient (Wildman–Crippen LogP) is 1.51. The van der Waals surface area contributed by atoms with Gasteiger partial charge in [-0.3, -0.25) is 9.69 Å². The number of carbonyl (C=O) groups is 1. The van der Waals surface area contributed by atoms with Gasteiger partial charge in [0, 0.05) is 43.9 Å². The van der Waals surface area contributed by atoms with E-state index in [0.29, 0.717) is 25.0 Å². The van der Waals surface area contributed by atoms with Crippen molar-refractivity contribution in [1.29, 1.82) is 0 Å². The van der Waals surface area contributed by atoms with Crippen molar-refractivity contribution in [3.05, 3.63) is 18.2 Å². The fourth-order valence-corrected chi connectivity index (χ4v) is 3.27. The molecule has 0 saturated carbocycles. The molecule has 2 fully saturated rings. The third-order valence-electron chi connectivity index (χ3n) is 4.72. The van der Waals surface area contributed by atoms with Crippen LogP contribution in [0.25, 0.3) is 0 Å². The molecule has 4 rings (SSSR count). The predicted molar refractivity (Wildman–Crippen MR) is 85.0 cm³/mol. The molecule has 1 amide bonds. The van der Waals surface area contributed by atoms with Crippen LogP contribution in [-0.4, -0.2) is 56.4 Å². The minimum absolute atomic E-state index is 0.0616. The molecule has 1 unspecified atom stereocenters. The first-order valence-electron chi connectivity index (χ1n) is 8.32. The van der Waals surface area contributed by atoms with Gasteiger partial charge in [0.2, 0.25) is 5.91 Å². The van der Waals surface area contributed by atoms with Gasteiger partial charge in [0.05, 0.1) is 25.7 Å². The molecule has 1 aromatic rings. The summed E-state index contributed by atoms with van der Waals surface area (Å²) in [4.78, 5) is 14.7. The topological polar surface area (TPSA) is 60.0 Å². The summed E-state index contributed by atoms with van der Waals surface area (Å²) in [6.45, 7) is 4.60. The molecule has 3 heterocycles. The molecule has 3 aliphatic rings. The number of hydrogen-bond acceptors (Lipinski definition) is 5. The first-order valence-corrected chi connectivity index (χ1v) is 8.32. The van der Waals surface area contributed by atoms with Crippen LogP contribution in [0.2, 0.25) is 0 Å². The van der Waals surface area contributed by atoms with E-state index < -0.39 is 0 Å². The Kier molecular flexibility index (Phi) is 4.10. The zero-order valence-electron chi connectivity index (χ0n) is 13.1. The lowest BCUT2D eigenvalue weighted by molar-refractivity contribution is -0.126. The number of rotatable bonds is 3. The van der Waals surface area contributed by atoms with Gasteiger partial charge < -0.3 is 19.5 Å². The lowest BCUT2D eigenvalue weighted by Crippen LogP contribution is -2.56. The molecule has 23 heavy (non-hydrogen) atoms. The molecule has 0 aromatic heterocycles. The summed E-state index contributed by atoms with van der Waals surface area (Å²) in [5, 5.41) is 2.99. The number of benzene rings is 1. The SMILES string of the molecule is O=C(Nc1ccc2c(c1)OCCCO2)C1CN(C2CCOC2)C1. The van der Waals surface area contributed by atoms with Crippen LogP contribution in [0, 0.1) is 5.92 Å². The van der Waals surface area contributed by atoms with E-state index in [0.717, 1.165) is 50.6 Å². The molecule has 0 radical (unpaired) electrons. The maximum absolute atomic E-state index is 12.4. The molecule has 2 saturated heterocycles. The molecule has 6 nitrogen and oxygen atoms in total. The molecule has 1 N–H and O–H groups in total. The van der Waals surface area contributed by atoms with Crippen molar-refractivity contribution >= 4 is 11.6 Å². The van der Waals surface area contributed by atoms with Crippen molar-refractivity contribution < 1.29 is 19.0 Å². The summed E-state index contributed by atoms with van der Waals surface area (Å²) in [6.07, 6.45) is 1.95.